The molecule has 0 bridgehead atoms. The second-order valence-electron chi connectivity index (χ2n) is 4.47. The molecule has 5 heteroatoms. The Kier molecular flexibility index (Phi) is 5.11. The lowest BCUT2D eigenvalue weighted by molar-refractivity contribution is -0.119. The highest BCUT2D eigenvalue weighted by atomic mass is 79.9. The SMILES string of the molecule is Cc1ccc(NC(=O)COC(=O)c2ccccc2)c(Br)c1. The molecular weight excluding hydrogens is 334 g/mol. The number of rotatable bonds is 4. The molecule has 0 aliphatic carbocycles. The van der Waals surface area contributed by atoms with Gasteiger partial charge in [0.2, 0.25) is 0 Å². The molecule has 2 aromatic carbocycles. The van der Waals surface area contributed by atoms with Gasteiger partial charge in [0, 0.05) is 4.47 Å². The first-order chi connectivity index (χ1) is 10.1. The number of benzene rings is 2. The molecule has 0 saturated heterocycles. The number of nitrogens with one attached hydrogen (secondary N) is 1. The van der Waals surface area contributed by atoms with Gasteiger partial charge in [0.05, 0.1) is 11.3 Å². The van der Waals surface area contributed by atoms with Gasteiger partial charge in [0.1, 0.15) is 0 Å². The minimum Gasteiger partial charge on any atom is -0.452 e. The average molecular weight is 348 g/mol. The van der Waals surface area contributed by atoms with Crippen molar-refractivity contribution in [3.8, 4) is 0 Å². The first-order valence-corrected chi connectivity index (χ1v) is 7.14. The van der Waals surface area contributed by atoms with Gasteiger partial charge in [0.15, 0.2) is 6.61 Å². The van der Waals surface area contributed by atoms with E-state index in [2.05, 4.69) is 21.2 Å². The Morgan fingerprint density at radius 1 is 1.14 bits per heavy atom. The fourth-order valence-electron chi connectivity index (χ4n) is 1.70. The monoisotopic (exact) mass is 347 g/mol. The molecule has 0 radical (unpaired) electrons. The molecule has 0 aliphatic heterocycles. The topological polar surface area (TPSA) is 55.4 Å². The summed E-state index contributed by atoms with van der Waals surface area (Å²) < 4.78 is 5.74. The van der Waals surface area contributed by atoms with Gasteiger partial charge in [0.25, 0.3) is 5.91 Å². The van der Waals surface area contributed by atoms with Gasteiger partial charge < -0.3 is 10.1 Å². The zero-order valence-electron chi connectivity index (χ0n) is 11.4. The van der Waals surface area contributed by atoms with Crippen LogP contribution in [0.15, 0.2) is 53.0 Å². The Bertz CT molecular complexity index is 656. The van der Waals surface area contributed by atoms with Crippen molar-refractivity contribution in [2.75, 3.05) is 11.9 Å². The maximum Gasteiger partial charge on any atom is 0.338 e. The van der Waals surface area contributed by atoms with Gasteiger partial charge >= 0.3 is 5.97 Å². The molecule has 0 aromatic heterocycles. The van der Waals surface area contributed by atoms with Gasteiger partial charge in [-0.15, -0.1) is 0 Å². The van der Waals surface area contributed by atoms with Crippen molar-refractivity contribution in [2.24, 2.45) is 0 Å². The van der Waals surface area contributed by atoms with Gasteiger partial charge in [-0.1, -0.05) is 24.3 Å². The van der Waals surface area contributed by atoms with Gasteiger partial charge in [-0.2, -0.15) is 0 Å². The number of carbonyl (C=O) groups excluding carboxylic acids is 2. The predicted molar refractivity (Wildman–Crippen MR) is 84.2 cm³/mol. The summed E-state index contributed by atoms with van der Waals surface area (Å²) in [4.78, 5) is 23.5. The first-order valence-electron chi connectivity index (χ1n) is 6.34. The highest BCUT2D eigenvalue weighted by Crippen LogP contribution is 2.23. The lowest BCUT2D eigenvalue weighted by atomic mass is 10.2. The van der Waals surface area contributed by atoms with E-state index in [9.17, 15) is 9.59 Å². The Morgan fingerprint density at radius 3 is 2.52 bits per heavy atom. The highest BCUT2D eigenvalue weighted by molar-refractivity contribution is 9.10. The van der Waals surface area contributed by atoms with Crippen molar-refractivity contribution in [1.82, 2.24) is 0 Å². The summed E-state index contributed by atoms with van der Waals surface area (Å²) >= 11 is 3.37. The summed E-state index contributed by atoms with van der Waals surface area (Å²) in [5.41, 5.74) is 2.14. The van der Waals surface area contributed by atoms with E-state index in [4.69, 9.17) is 4.74 Å². The number of hydrogen-bond donors (Lipinski definition) is 1. The maximum atomic E-state index is 11.8. The van der Waals surface area contributed by atoms with Crippen molar-refractivity contribution in [3.63, 3.8) is 0 Å². The molecular formula is C16H14BrNO3. The van der Waals surface area contributed by atoms with Crippen LogP contribution in [0.25, 0.3) is 0 Å². The van der Waals surface area contributed by atoms with Crippen LogP contribution in [0.2, 0.25) is 0 Å². The van der Waals surface area contributed by atoms with Crippen molar-refractivity contribution >= 4 is 33.5 Å². The third kappa shape index (κ3) is 4.43. The van der Waals surface area contributed by atoms with Gasteiger partial charge in [-0.05, 0) is 52.7 Å². The second-order valence-corrected chi connectivity index (χ2v) is 5.33. The standard InChI is InChI=1S/C16H14BrNO3/c1-11-7-8-14(13(17)9-11)18-15(19)10-21-16(20)12-5-3-2-4-6-12/h2-9H,10H2,1H3,(H,18,19). The highest BCUT2D eigenvalue weighted by Gasteiger charge is 2.10. The van der Waals surface area contributed by atoms with E-state index in [0.29, 0.717) is 11.3 Å². The molecule has 0 spiro atoms. The van der Waals surface area contributed by atoms with E-state index < -0.39 is 5.97 Å². The summed E-state index contributed by atoms with van der Waals surface area (Å²) in [6, 6.07) is 14.1. The quantitative estimate of drug-likeness (QED) is 0.860. The van der Waals surface area contributed by atoms with Crippen LogP contribution in [0.5, 0.6) is 0 Å². The molecule has 2 rings (SSSR count). The molecule has 1 N–H and O–H groups in total. The van der Waals surface area contributed by atoms with E-state index >= 15 is 0 Å². The van der Waals surface area contributed by atoms with Gasteiger partial charge in [-0.25, -0.2) is 4.79 Å². The van der Waals surface area contributed by atoms with Crippen LogP contribution in [-0.2, 0) is 9.53 Å². The Labute approximate surface area is 131 Å². The fourth-order valence-corrected chi connectivity index (χ4v) is 2.29. The van der Waals surface area contributed by atoms with Crippen molar-refractivity contribution in [2.45, 2.75) is 6.92 Å². The number of amides is 1. The van der Waals surface area contributed by atoms with Crippen LogP contribution in [-0.4, -0.2) is 18.5 Å². The number of aryl methyl sites for hydroxylation is 1. The molecule has 0 atom stereocenters. The van der Waals surface area contributed by atoms with E-state index in [-0.39, 0.29) is 12.5 Å². The normalized spacial score (nSPS) is 10.0. The summed E-state index contributed by atoms with van der Waals surface area (Å²) in [6.07, 6.45) is 0. The van der Waals surface area contributed by atoms with E-state index in [1.807, 2.05) is 19.1 Å². The zero-order valence-corrected chi connectivity index (χ0v) is 13.0. The summed E-state index contributed by atoms with van der Waals surface area (Å²) in [5.74, 6) is -0.905. The first kappa shape index (κ1) is 15.3. The minimum atomic E-state index is -0.520. The number of hydrogen-bond acceptors (Lipinski definition) is 3. The van der Waals surface area contributed by atoms with Crippen LogP contribution in [0.3, 0.4) is 0 Å². The predicted octanol–water partition coefficient (Wildman–Crippen LogP) is 3.55. The molecule has 2 aromatic rings. The van der Waals surface area contributed by atoms with Gasteiger partial charge in [-0.3, -0.25) is 4.79 Å². The summed E-state index contributed by atoms with van der Waals surface area (Å²) in [7, 11) is 0. The molecule has 0 heterocycles. The van der Waals surface area contributed by atoms with Crippen molar-refractivity contribution in [3.05, 3.63) is 64.1 Å². The Hall–Kier alpha value is -2.14. The fraction of sp³-hybridized carbons (Fsp3) is 0.125. The number of halogens is 1. The van der Waals surface area contributed by atoms with Crippen LogP contribution in [0.1, 0.15) is 15.9 Å². The molecule has 4 nitrogen and oxygen atoms in total. The molecule has 0 aliphatic rings. The number of esters is 1. The molecule has 1 amide bonds. The Balaban J connectivity index is 1.89. The third-order valence-corrected chi connectivity index (χ3v) is 3.40. The largest absolute Gasteiger partial charge is 0.452 e. The summed E-state index contributed by atoms with van der Waals surface area (Å²) in [6.45, 7) is 1.63. The molecule has 21 heavy (non-hydrogen) atoms. The van der Waals surface area contributed by atoms with Crippen molar-refractivity contribution < 1.29 is 14.3 Å². The maximum absolute atomic E-state index is 11.8. The smallest absolute Gasteiger partial charge is 0.338 e. The van der Waals surface area contributed by atoms with Crippen molar-refractivity contribution in [1.29, 1.82) is 0 Å². The molecule has 0 unspecified atom stereocenters. The zero-order chi connectivity index (χ0) is 15.2. The van der Waals surface area contributed by atoms with Crippen LogP contribution in [0.4, 0.5) is 5.69 Å². The lowest BCUT2D eigenvalue weighted by Gasteiger charge is -2.08. The van der Waals surface area contributed by atoms with Crippen LogP contribution in [0, 0.1) is 6.92 Å². The number of carbonyl (C=O) groups is 2. The lowest BCUT2D eigenvalue weighted by Crippen LogP contribution is -2.21. The van der Waals surface area contributed by atoms with E-state index in [0.717, 1.165) is 10.0 Å². The number of ether oxygens (including phenoxy) is 1. The summed E-state index contributed by atoms with van der Waals surface area (Å²) in [5, 5.41) is 2.68. The minimum absolute atomic E-state index is 0.325. The van der Waals surface area contributed by atoms with E-state index in [1.165, 1.54) is 0 Å². The molecule has 108 valence electrons. The average Bonchev–Trinajstić information content (AvgIpc) is 2.48. The number of anilines is 1. The van der Waals surface area contributed by atoms with Crippen LogP contribution < -0.4 is 5.32 Å². The van der Waals surface area contributed by atoms with E-state index in [1.54, 1.807) is 36.4 Å². The molecule has 0 saturated carbocycles. The van der Waals surface area contributed by atoms with Crippen LogP contribution >= 0.6 is 15.9 Å². The second kappa shape index (κ2) is 7.04. The molecule has 0 fully saturated rings. The Morgan fingerprint density at radius 2 is 1.86 bits per heavy atom. The third-order valence-electron chi connectivity index (χ3n) is 2.74.